The molecule has 0 bridgehead atoms. The van der Waals surface area contributed by atoms with Gasteiger partial charge in [0.1, 0.15) is 5.78 Å². The molecule has 1 fully saturated rings. The number of hydrogen-bond donors (Lipinski definition) is 0. The molecule has 1 unspecified atom stereocenters. The fourth-order valence-electron chi connectivity index (χ4n) is 5.65. The van der Waals surface area contributed by atoms with Gasteiger partial charge in [0, 0.05) is 23.7 Å². The van der Waals surface area contributed by atoms with Crippen LogP contribution in [0.15, 0.2) is 51.1 Å². The number of hydrogen-bond acceptors (Lipinski definition) is 8. The van der Waals surface area contributed by atoms with Crippen molar-refractivity contribution in [2.75, 3.05) is 27.9 Å². The molecular weight excluding hydrogens is 578 g/mol. The highest BCUT2D eigenvalue weighted by atomic mass is 79.9. The summed E-state index contributed by atoms with van der Waals surface area (Å²) in [5.74, 6) is 0.583. The Hall–Kier alpha value is -3.33. The van der Waals surface area contributed by atoms with Crippen molar-refractivity contribution in [3.8, 4) is 23.0 Å². The van der Waals surface area contributed by atoms with Crippen LogP contribution in [0.2, 0.25) is 0 Å². The van der Waals surface area contributed by atoms with Gasteiger partial charge in [0.05, 0.1) is 50.0 Å². The number of carbonyl (C=O) groups is 2. The molecule has 8 nitrogen and oxygen atoms in total. The predicted molar refractivity (Wildman–Crippen MR) is 156 cm³/mol. The van der Waals surface area contributed by atoms with E-state index in [0.717, 1.165) is 16.8 Å². The minimum Gasteiger partial charge on any atom is -0.493 e. The number of halogens is 1. The molecule has 1 heterocycles. The molecule has 1 saturated carbocycles. The van der Waals surface area contributed by atoms with Crippen LogP contribution in [0, 0.1) is 5.92 Å². The number of benzene rings is 2. The van der Waals surface area contributed by atoms with Gasteiger partial charge in [-0.2, -0.15) is 0 Å². The molecule has 0 saturated heterocycles. The molecule has 2 aromatic rings. The molecule has 9 heteroatoms. The Bertz CT molecular complexity index is 1360. The molecule has 0 spiro atoms. The molecule has 2 aromatic carbocycles. The lowest BCUT2D eigenvalue weighted by atomic mass is 9.66. The molecular formula is C31H36BrNO7. The van der Waals surface area contributed by atoms with Crippen LogP contribution >= 0.6 is 15.9 Å². The van der Waals surface area contributed by atoms with Gasteiger partial charge in [0.2, 0.25) is 0 Å². The monoisotopic (exact) mass is 613 g/mol. The van der Waals surface area contributed by atoms with E-state index in [0.29, 0.717) is 58.2 Å². The predicted octanol–water partition coefficient (Wildman–Crippen LogP) is 6.40. The maximum absolute atomic E-state index is 14.0. The minimum absolute atomic E-state index is 0.0158. The molecule has 4 rings (SSSR count). The summed E-state index contributed by atoms with van der Waals surface area (Å²) < 4.78 is 28.6. The van der Waals surface area contributed by atoms with Crippen molar-refractivity contribution in [1.82, 2.24) is 0 Å². The fourth-order valence-corrected chi connectivity index (χ4v) is 6.27. The maximum Gasteiger partial charge on any atom is 0.336 e. The highest BCUT2D eigenvalue weighted by Crippen LogP contribution is 2.49. The number of allylic oxidation sites excluding steroid dienone is 1. The molecule has 1 aliphatic carbocycles. The first-order valence-electron chi connectivity index (χ1n) is 13.4. The Morgan fingerprint density at radius 1 is 0.975 bits per heavy atom. The normalized spacial score (nSPS) is 20.6. The van der Waals surface area contributed by atoms with Crippen molar-refractivity contribution in [3.05, 3.63) is 57.2 Å². The van der Waals surface area contributed by atoms with Gasteiger partial charge in [-0.25, -0.2) is 4.79 Å². The van der Waals surface area contributed by atoms with E-state index in [1.165, 1.54) is 0 Å². The van der Waals surface area contributed by atoms with Crippen molar-refractivity contribution in [2.45, 2.75) is 58.5 Å². The molecule has 3 atom stereocenters. The van der Waals surface area contributed by atoms with Crippen LogP contribution in [-0.4, -0.2) is 51.5 Å². The Kier molecular flexibility index (Phi) is 9.23. The molecule has 1 aliphatic heterocycles. The topological polar surface area (TPSA) is 92.7 Å². The number of esters is 1. The first-order valence-corrected chi connectivity index (χ1v) is 14.2. The highest BCUT2D eigenvalue weighted by molar-refractivity contribution is 9.10. The summed E-state index contributed by atoms with van der Waals surface area (Å²) in [5, 5.41) is 0. The van der Waals surface area contributed by atoms with Crippen LogP contribution < -0.4 is 18.9 Å². The number of aliphatic imine (C=N–C) groups is 1. The van der Waals surface area contributed by atoms with Gasteiger partial charge in [-0.3, -0.25) is 9.79 Å². The smallest absolute Gasteiger partial charge is 0.336 e. The number of rotatable bonds is 9. The molecule has 0 N–H and O–H groups in total. The quantitative estimate of drug-likeness (QED) is 0.302. The van der Waals surface area contributed by atoms with E-state index in [1.54, 1.807) is 42.1 Å². The SMILES string of the molecule is CCOc1cc([C@H]2C(C(=O)OC(C)C)=C(C)N=C3C[C@@H](c4ccc(OC)c(OC)c4)CC(=O)C32)cc(Br)c1OC. The number of fused-ring (bicyclic) bond motifs is 1. The van der Waals surface area contributed by atoms with Gasteiger partial charge in [-0.1, -0.05) is 6.07 Å². The van der Waals surface area contributed by atoms with Crippen molar-refractivity contribution < 1.29 is 33.3 Å². The van der Waals surface area contributed by atoms with Gasteiger partial charge in [-0.05, 0) is 91.4 Å². The summed E-state index contributed by atoms with van der Waals surface area (Å²) in [6, 6.07) is 9.47. The lowest BCUT2D eigenvalue weighted by Gasteiger charge is -2.38. The third kappa shape index (κ3) is 5.75. The third-order valence-corrected chi connectivity index (χ3v) is 7.88. The number of Topliss-reactive ketones (excluding diaryl/α,β-unsaturated/α-hetero) is 1. The maximum atomic E-state index is 14.0. The summed E-state index contributed by atoms with van der Waals surface area (Å²) >= 11 is 3.60. The Balaban J connectivity index is 1.83. The number of methoxy groups -OCH3 is 3. The van der Waals surface area contributed by atoms with E-state index in [-0.39, 0.29) is 17.8 Å². The molecule has 214 valence electrons. The van der Waals surface area contributed by atoms with Gasteiger partial charge < -0.3 is 23.7 Å². The summed E-state index contributed by atoms with van der Waals surface area (Å²) in [5.41, 5.74) is 3.42. The lowest BCUT2D eigenvalue weighted by molar-refractivity contribution is -0.143. The van der Waals surface area contributed by atoms with Crippen molar-refractivity contribution in [1.29, 1.82) is 0 Å². The van der Waals surface area contributed by atoms with Crippen LogP contribution in [0.1, 0.15) is 63.5 Å². The number of ether oxygens (including phenoxy) is 5. The summed E-state index contributed by atoms with van der Waals surface area (Å²) in [7, 11) is 4.76. The second-order valence-corrected chi connectivity index (χ2v) is 11.0. The number of ketones is 1. The van der Waals surface area contributed by atoms with E-state index >= 15 is 0 Å². The first-order chi connectivity index (χ1) is 19.1. The summed E-state index contributed by atoms with van der Waals surface area (Å²) in [4.78, 5) is 32.3. The zero-order chi connectivity index (χ0) is 29.1. The zero-order valence-electron chi connectivity index (χ0n) is 24.0. The average Bonchev–Trinajstić information content (AvgIpc) is 2.91. The Morgan fingerprint density at radius 3 is 2.30 bits per heavy atom. The minimum atomic E-state index is -0.607. The Labute approximate surface area is 243 Å². The molecule has 0 aromatic heterocycles. The van der Waals surface area contributed by atoms with Crippen molar-refractivity contribution >= 4 is 33.4 Å². The van der Waals surface area contributed by atoms with Crippen LogP contribution in [-0.2, 0) is 14.3 Å². The van der Waals surface area contributed by atoms with E-state index in [4.69, 9.17) is 28.7 Å². The van der Waals surface area contributed by atoms with Crippen molar-refractivity contribution in [3.63, 3.8) is 0 Å². The second-order valence-electron chi connectivity index (χ2n) is 10.2. The van der Waals surface area contributed by atoms with Gasteiger partial charge in [-0.15, -0.1) is 0 Å². The van der Waals surface area contributed by atoms with Crippen LogP contribution in [0.5, 0.6) is 23.0 Å². The number of nitrogens with zero attached hydrogens (tertiary/aromatic N) is 1. The van der Waals surface area contributed by atoms with E-state index in [9.17, 15) is 9.59 Å². The zero-order valence-corrected chi connectivity index (χ0v) is 25.6. The lowest BCUT2D eigenvalue weighted by Crippen LogP contribution is -2.41. The standard InChI is InChI=1S/C31H36BrNO7/c1-8-39-26-15-20(11-21(32)30(26)38-7)28-27(31(35)40-16(2)3)17(4)33-22-12-19(13-23(34)29(22)28)18-9-10-24(36-5)25(14-18)37-6/h9-11,14-16,19,28-29H,8,12-13H2,1-7H3/t19-,28+,29?/m1/s1. The van der Waals surface area contributed by atoms with Gasteiger partial charge in [0.25, 0.3) is 0 Å². The van der Waals surface area contributed by atoms with Crippen LogP contribution in [0.3, 0.4) is 0 Å². The highest BCUT2D eigenvalue weighted by Gasteiger charge is 2.46. The number of carbonyl (C=O) groups excluding carboxylic acids is 2. The van der Waals surface area contributed by atoms with Crippen molar-refractivity contribution in [2.24, 2.45) is 10.9 Å². The third-order valence-electron chi connectivity index (χ3n) is 7.29. The van der Waals surface area contributed by atoms with Crippen LogP contribution in [0.25, 0.3) is 0 Å². The summed E-state index contributed by atoms with van der Waals surface area (Å²) in [6.45, 7) is 7.73. The molecule has 40 heavy (non-hydrogen) atoms. The van der Waals surface area contributed by atoms with Gasteiger partial charge >= 0.3 is 5.97 Å². The fraction of sp³-hybridized carbons (Fsp3) is 0.452. The van der Waals surface area contributed by atoms with E-state index in [1.807, 2.05) is 37.3 Å². The average molecular weight is 615 g/mol. The van der Waals surface area contributed by atoms with Crippen LogP contribution in [0.4, 0.5) is 0 Å². The van der Waals surface area contributed by atoms with E-state index < -0.39 is 17.8 Å². The largest absolute Gasteiger partial charge is 0.493 e. The van der Waals surface area contributed by atoms with E-state index in [2.05, 4.69) is 15.9 Å². The second kappa shape index (κ2) is 12.5. The first kappa shape index (κ1) is 29.6. The summed E-state index contributed by atoms with van der Waals surface area (Å²) in [6.07, 6.45) is 0.551. The van der Waals surface area contributed by atoms with Gasteiger partial charge in [0.15, 0.2) is 23.0 Å². The molecule has 0 amide bonds. The molecule has 2 aliphatic rings. The Morgan fingerprint density at radius 2 is 1.68 bits per heavy atom. The molecule has 0 radical (unpaired) electrons.